The van der Waals surface area contributed by atoms with E-state index in [0.29, 0.717) is 23.3 Å². The van der Waals surface area contributed by atoms with Gasteiger partial charge in [0.15, 0.2) is 0 Å². The number of rotatable bonds is 8. The Bertz CT molecular complexity index is 877. The van der Waals surface area contributed by atoms with Gasteiger partial charge in [-0.1, -0.05) is 32.9 Å². The third kappa shape index (κ3) is 6.74. The van der Waals surface area contributed by atoms with Gasteiger partial charge in [0.05, 0.1) is 17.1 Å². The topological polar surface area (TPSA) is 130 Å². The summed E-state index contributed by atoms with van der Waals surface area (Å²) < 4.78 is 23.0. The number of anilines is 2. The van der Waals surface area contributed by atoms with Gasteiger partial charge in [0, 0.05) is 19.8 Å². The van der Waals surface area contributed by atoms with Crippen LogP contribution in [0.2, 0.25) is 0 Å². The maximum absolute atomic E-state index is 12.8. The summed E-state index contributed by atoms with van der Waals surface area (Å²) in [5, 5.41) is 2.62. The SMILES string of the molecule is Cc1cccc(N(C)C(=O)N[C@H](C(N)=O)C(C)(C)C)c1N(C=O)CCS(C)(=O)=O. The Hall–Kier alpha value is -2.62. The molecule has 10 heteroatoms. The van der Waals surface area contributed by atoms with Crippen molar-refractivity contribution in [3.63, 3.8) is 0 Å². The predicted molar refractivity (Wildman–Crippen MR) is 114 cm³/mol. The van der Waals surface area contributed by atoms with Crippen molar-refractivity contribution < 1.29 is 22.8 Å². The molecule has 1 rings (SSSR count). The number of carbonyl (C=O) groups is 3. The quantitative estimate of drug-likeness (QED) is 0.600. The number of primary amides is 1. The summed E-state index contributed by atoms with van der Waals surface area (Å²) in [6.45, 7) is 7.03. The third-order valence-electron chi connectivity index (χ3n) is 4.42. The molecular weight excluding hydrogens is 396 g/mol. The number of nitrogens with one attached hydrogen (secondary N) is 1. The van der Waals surface area contributed by atoms with Crippen molar-refractivity contribution in [1.82, 2.24) is 5.32 Å². The van der Waals surface area contributed by atoms with Crippen LogP contribution in [0.3, 0.4) is 0 Å². The lowest BCUT2D eigenvalue weighted by molar-refractivity contribution is -0.122. The zero-order valence-corrected chi connectivity index (χ0v) is 18.5. The molecule has 0 heterocycles. The molecule has 1 aromatic rings. The van der Waals surface area contributed by atoms with Crippen molar-refractivity contribution in [2.24, 2.45) is 11.1 Å². The second kappa shape index (κ2) is 9.25. The Balaban J connectivity index is 3.26. The number of sulfone groups is 1. The van der Waals surface area contributed by atoms with Crippen molar-refractivity contribution in [1.29, 1.82) is 0 Å². The summed E-state index contributed by atoms with van der Waals surface area (Å²) in [6, 6.07) is 3.62. The molecular formula is C19H30N4O5S. The van der Waals surface area contributed by atoms with Gasteiger partial charge in [-0.05, 0) is 24.0 Å². The van der Waals surface area contributed by atoms with E-state index < -0.39 is 33.2 Å². The van der Waals surface area contributed by atoms with E-state index >= 15 is 0 Å². The molecule has 3 N–H and O–H groups in total. The van der Waals surface area contributed by atoms with Crippen LogP contribution in [0.25, 0.3) is 0 Å². The van der Waals surface area contributed by atoms with Crippen LogP contribution in [0.4, 0.5) is 16.2 Å². The maximum Gasteiger partial charge on any atom is 0.322 e. The molecule has 1 aromatic carbocycles. The average molecular weight is 427 g/mol. The van der Waals surface area contributed by atoms with E-state index in [1.165, 1.54) is 16.8 Å². The van der Waals surface area contributed by atoms with Gasteiger partial charge in [0.1, 0.15) is 15.9 Å². The lowest BCUT2D eigenvalue weighted by atomic mass is 9.86. The Labute approximate surface area is 172 Å². The van der Waals surface area contributed by atoms with E-state index in [9.17, 15) is 22.8 Å². The minimum atomic E-state index is -3.29. The van der Waals surface area contributed by atoms with Crippen LogP contribution in [-0.4, -0.2) is 58.4 Å². The van der Waals surface area contributed by atoms with Crippen molar-refractivity contribution in [2.45, 2.75) is 33.7 Å². The summed E-state index contributed by atoms with van der Waals surface area (Å²) in [5.41, 5.74) is 6.32. The summed E-state index contributed by atoms with van der Waals surface area (Å²) in [7, 11) is -1.79. The number of para-hydroxylation sites is 1. The van der Waals surface area contributed by atoms with Crippen LogP contribution in [0.15, 0.2) is 18.2 Å². The minimum Gasteiger partial charge on any atom is -0.368 e. The summed E-state index contributed by atoms with van der Waals surface area (Å²) in [4.78, 5) is 38.8. The number of urea groups is 1. The first kappa shape index (κ1) is 24.4. The summed E-state index contributed by atoms with van der Waals surface area (Å²) in [5.74, 6) is -0.880. The molecule has 0 saturated carbocycles. The fraction of sp³-hybridized carbons (Fsp3) is 0.526. The Morgan fingerprint density at radius 1 is 1.28 bits per heavy atom. The molecule has 0 aromatic heterocycles. The van der Waals surface area contributed by atoms with Gasteiger partial charge in [-0.25, -0.2) is 13.2 Å². The van der Waals surface area contributed by atoms with Crippen molar-refractivity contribution in [3.8, 4) is 0 Å². The molecule has 4 amide bonds. The lowest BCUT2D eigenvalue weighted by Crippen LogP contribution is -2.55. The van der Waals surface area contributed by atoms with E-state index in [-0.39, 0.29) is 12.3 Å². The lowest BCUT2D eigenvalue weighted by Gasteiger charge is -2.32. The van der Waals surface area contributed by atoms with Gasteiger partial charge in [-0.2, -0.15) is 0 Å². The predicted octanol–water partition coefficient (Wildman–Crippen LogP) is 1.05. The molecule has 29 heavy (non-hydrogen) atoms. The first-order valence-corrected chi connectivity index (χ1v) is 11.1. The number of hydrogen-bond donors (Lipinski definition) is 2. The molecule has 0 aliphatic carbocycles. The van der Waals surface area contributed by atoms with Gasteiger partial charge >= 0.3 is 6.03 Å². The van der Waals surface area contributed by atoms with Crippen LogP contribution in [-0.2, 0) is 19.4 Å². The fourth-order valence-electron chi connectivity index (χ4n) is 2.81. The fourth-order valence-corrected chi connectivity index (χ4v) is 3.34. The van der Waals surface area contributed by atoms with Crippen molar-refractivity contribution >= 4 is 39.6 Å². The second-order valence-corrected chi connectivity index (χ2v) is 10.3. The molecule has 0 spiro atoms. The highest BCUT2D eigenvalue weighted by atomic mass is 32.2. The van der Waals surface area contributed by atoms with E-state index in [4.69, 9.17) is 5.73 Å². The van der Waals surface area contributed by atoms with Gasteiger partial charge in [-0.3, -0.25) is 14.5 Å². The van der Waals surface area contributed by atoms with Crippen molar-refractivity contribution in [2.75, 3.05) is 35.4 Å². The number of nitrogens with zero attached hydrogens (tertiary/aromatic N) is 2. The summed E-state index contributed by atoms with van der Waals surface area (Å²) in [6.07, 6.45) is 1.62. The van der Waals surface area contributed by atoms with Crippen LogP contribution in [0.5, 0.6) is 0 Å². The monoisotopic (exact) mass is 426 g/mol. The number of carbonyl (C=O) groups excluding carboxylic acids is 3. The Morgan fingerprint density at radius 3 is 2.31 bits per heavy atom. The smallest absolute Gasteiger partial charge is 0.322 e. The number of benzene rings is 1. The summed E-state index contributed by atoms with van der Waals surface area (Å²) >= 11 is 0. The van der Waals surface area contributed by atoms with E-state index in [2.05, 4.69) is 5.32 Å². The molecule has 0 fully saturated rings. The molecule has 1 atom stereocenters. The zero-order valence-electron chi connectivity index (χ0n) is 17.7. The van der Waals surface area contributed by atoms with Crippen LogP contribution < -0.4 is 20.9 Å². The maximum atomic E-state index is 12.8. The molecule has 0 aliphatic heterocycles. The van der Waals surface area contributed by atoms with Crippen LogP contribution in [0, 0.1) is 12.3 Å². The highest BCUT2D eigenvalue weighted by molar-refractivity contribution is 7.90. The molecule has 0 radical (unpaired) electrons. The number of aryl methyl sites for hydroxylation is 1. The van der Waals surface area contributed by atoms with Crippen LogP contribution >= 0.6 is 0 Å². The van der Waals surface area contributed by atoms with Crippen LogP contribution in [0.1, 0.15) is 26.3 Å². The first-order valence-electron chi connectivity index (χ1n) is 9.02. The second-order valence-electron chi connectivity index (χ2n) is 8.08. The van der Waals surface area contributed by atoms with E-state index in [1.54, 1.807) is 45.9 Å². The Kier molecular flexibility index (Phi) is 7.79. The van der Waals surface area contributed by atoms with Gasteiger partial charge in [-0.15, -0.1) is 0 Å². The largest absolute Gasteiger partial charge is 0.368 e. The highest BCUT2D eigenvalue weighted by Gasteiger charge is 2.32. The van der Waals surface area contributed by atoms with E-state index in [1.807, 2.05) is 0 Å². The van der Waals surface area contributed by atoms with Crippen molar-refractivity contribution in [3.05, 3.63) is 23.8 Å². The average Bonchev–Trinajstić information content (AvgIpc) is 2.58. The number of nitrogens with two attached hydrogens (primary N) is 1. The first-order chi connectivity index (χ1) is 13.2. The molecule has 9 nitrogen and oxygen atoms in total. The highest BCUT2D eigenvalue weighted by Crippen LogP contribution is 2.32. The zero-order chi connectivity index (χ0) is 22.6. The molecule has 162 valence electrons. The normalized spacial score (nSPS) is 12.8. The van der Waals surface area contributed by atoms with Gasteiger partial charge in [0.25, 0.3) is 0 Å². The van der Waals surface area contributed by atoms with Gasteiger partial charge in [0.2, 0.25) is 12.3 Å². The minimum absolute atomic E-state index is 0.0540. The molecule has 0 saturated heterocycles. The molecule has 0 aliphatic rings. The standard InChI is InChI=1S/C19H30N4O5S/c1-13-8-7-9-14(15(13)23(12-24)10-11-29(6,27)28)22(5)18(26)21-16(17(20)25)19(2,3)4/h7-9,12,16H,10-11H2,1-6H3,(H2,20,25)(H,21,26)/t16-/m1/s1. The number of hydrogen-bond acceptors (Lipinski definition) is 5. The molecule has 0 unspecified atom stereocenters. The van der Waals surface area contributed by atoms with E-state index in [0.717, 1.165) is 6.26 Å². The third-order valence-corrected chi connectivity index (χ3v) is 5.34. The number of amides is 4. The molecule has 0 bridgehead atoms. The van der Waals surface area contributed by atoms with Gasteiger partial charge < -0.3 is 16.0 Å². The Morgan fingerprint density at radius 2 is 1.86 bits per heavy atom.